The minimum Gasteiger partial charge on any atom is -0.370 e. The highest BCUT2D eigenvalue weighted by Gasteiger charge is 2.28. The van der Waals surface area contributed by atoms with E-state index in [0.717, 1.165) is 37.2 Å². The smallest absolute Gasteiger partial charge is 0.126 e. The average Bonchev–Trinajstić information content (AvgIpc) is 2.42. The standard InChI is InChI=1S/C17H29N3/c1-5-9-18-17-8-6-7-16(19-17)12-20-11-13(2)10-14(3)15(20)4/h6-8,13-15H,5,9-12H2,1-4H3,(H,18,19). The zero-order valence-corrected chi connectivity index (χ0v) is 13.4. The van der Waals surface area contributed by atoms with Gasteiger partial charge in [-0.25, -0.2) is 4.98 Å². The van der Waals surface area contributed by atoms with E-state index in [0.29, 0.717) is 6.04 Å². The quantitative estimate of drug-likeness (QED) is 0.886. The number of hydrogen-bond acceptors (Lipinski definition) is 3. The van der Waals surface area contributed by atoms with Gasteiger partial charge >= 0.3 is 0 Å². The number of anilines is 1. The summed E-state index contributed by atoms with van der Waals surface area (Å²) in [6.07, 6.45) is 2.48. The molecule has 0 spiro atoms. The van der Waals surface area contributed by atoms with Gasteiger partial charge in [-0.3, -0.25) is 4.90 Å². The number of nitrogens with zero attached hydrogens (tertiary/aromatic N) is 2. The lowest BCUT2D eigenvalue weighted by Gasteiger charge is -2.41. The third-order valence-corrected chi connectivity index (χ3v) is 4.45. The van der Waals surface area contributed by atoms with Gasteiger partial charge in [-0.15, -0.1) is 0 Å². The van der Waals surface area contributed by atoms with Crippen LogP contribution in [0.2, 0.25) is 0 Å². The molecule has 1 aromatic rings. The minimum absolute atomic E-state index is 0.653. The van der Waals surface area contributed by atoms with E-state index in [1.807, 2.05) is 0 Å². The van der Waals surface area contributed by atoms with Crippen LogP contribution in [0.1, 0.15) is 46.2 Å². The number of likely N-dealkylation sites (tertiary alicyclic amines) is 1. The Bertz CT molecular complexity index is 418. The lowest BCUT2D eigenvalue weighted by Crippen LogP contribution is -2.45. The summed E-state index contributed by atoms with van der Waals surface area (Å²) in [6, 6.07) is 6.97. The molecular formula is C17H29N3. The molecule has 0 aliphatic carbocycles. The van der Waals surface area contributed by atoms with Gasteiger partial charge in [0.2, 0.25) is 0 Å². The molecule has 1 aromatic heterocycles. The van der Waals surface area contributed by atoms with Crippen LogP contribution in [0.3, 0.4) is 0 Å². The Morgan fingerprint density at radius 3 is 2.85 bits per heavy atom. The molecule has 20 heavy (non-hydrogen) atoms. The molecule has 1 saturated heterocycles. The maximum absolute atomic E-state index is 4.74. The first-order valence-corrected chi connectivity index (χ1v) is 8.04. The molecule has 0 saturated carbocycles. The van der Waals surface area contributed by atoms with Gasteiger partial charge < -0.3 is 5.32 Å². The maximum Gasteiger partial charge on any atom is 0.126 e. The van der Waals surface area contributed by atoms with Gasteiger partial charge in [0.25, 0.3) is 0 Å². The Balaban J connectivity index is 2.01. The number of rotatable bonds is 5. The summed E-state index contributed by atoms with van der Waals surface area (Å²) in [5.41, 5.74) is 1.18. The van der Waals surface area contributed by atoms with Gasteiger partial charge in [0.1, 0.15) is 5.82 Å². The van der Waals surface area contributed by atoms with Crippen molar-refractivity contribution in [3.8, 4) is 0 Å². The number of aromatic nitrogens is 1. The van der Waals surface area contributed by atoms with E-state index in [4.69, 9.17) is 4.98 Å². The summed E-state index contributed by atoms with van der Waals surface area (Å²) < 4.78 is 0. The summed E-state index contributed by atoms with van der Waals surface area (Å²) in [6.45, 7) is 12.4. The fraction of sp³-hybridized carbons (Fsp3) is 0.706. The van der Waals surface area contributed by atoms with E-state index in [1.54, 1.807) is 0 Å². The van der Waals surface area contributed by atoms with E-state index >= 15 is 0 Å². The van der Waals surface area contributed by atoms with Crippen LogP contribution in [0.4, 0.5) is 5.82 Å². The molecule has 0 bridgehead atoms. The summed E-state index contributed by atoms with van der Waals surface area (Å²) in [5.74, 6) is 2.58. The number of nitrogens with one attached hydrogen (secondary N) is 1. The van der Waals surface area contributed by atoms with E-state index in [2.05, 4.69) is 56.1 Å². The minimum atomic E-state index is 0.653. The van der Waals surface area contributed by atoms with Crippen molar-refractivity contribution < 1.29 is 0 Å². The fourth-order valence-electron chi connectivity index (χ4n) is 3.17. The molecule has 2 heterocycles. The first-order valence-electron chi connectivity index (χ1n) is 8.04. The van der Waals surface area contributed by atoms with Crippen molar-refractivity contribution in [1.82, 2.24) is 9.88 Å². The molecule has 0 aromatic carbocycles. The van der Waals surface area contributed by atoms with Gasteiger partial charge in [0.05, 0.1) is 5.69 Å². The van der Waals surface area contributed by atoms with Crippen LogP contribution < -0.4 is 5.32 Å². The number of pyridine rings is 1. The lowest BCUT2D eigenvalue weighted by atomic mass is 9.86. The van der Waals surface area contributed by atoms with Crippen LogP contribution in [0.25, 0.3) is 0 Å². The predicted molar refractivity (Wildman–Crippen MR) is 85.8 cm³/mol. The van der Waals surface area contributed by atoms with Crippen LogP contribution >= 0.6 is 0 Å². The zero-order chi connectivity index (χ0) is 14.5. The third-order valence-electron chi connectivity index (χ3n) is 4.45. The fourth-order valence-corrected chi connectivity index (χ4v) is 3.17. The molecule has 3 heteroatoms. The molecule has 2 rings (SSSR count). The van der Waals surface area contributed by atoms with Gasteiger partial charge in [0.15, 0.2) is 0 Å². The van der Waals surface area contributed by atoms with Gasteiger partial charge in [-0.2, -0.15) is 0 Å². The second-order valence-electron chi connectivity index (χ2n) is 6.43. The van der Waals surface area contributed by atoms with E-state index in [9.17, 15) is 0 Å². The third kappa shape index (κ3) is 3.95. The number of hydrogen-bond donors (Lipinski definition) is 1. The van der Waals surface area contributed by atoms with Crippen molar-refractivity contribution in [3.05, 3.63) is 23.9 Å². The summed E-state index contributed by atoms with van der Waals surface area (Å²) >= 11 is 0. The molecule has 1 N–H and O–H groups in total. The highest BCUT2D eigenvalue weighted by Crippen LogP contribution is 2.27. The molecule has 0 amide bonds. The monoisotopic (exact) mass is 275 g/mol. The SMILES string of the molecule is CCCNc1cccc(CN2CC(C)CC(C)C2C)n1. The van der Waals surface area contributed by atoms with Gasteiger partial charge in [0, 0.05) is 25.7 Å². The predicted octanol–water partition coefficient (Wildman–Crippen LogP) is 3.77. The largest absolute Gasteiger partial charge is 0.370 e. The van der Waals surface area contributed by atoms with E-state index < -0.39 is 0 Å². The molecule has 1 aliphatic rings. The summed E-state index contributed by atoms with van der Waals surface area (Å²) in [5, 5.41) is 3.37. The van der Waals surface area contributed by atoms with Crippen molar-refractivity contribution in [1.29, 1.82) is 0 Å². The molecule has 3 atom stereocenters. The highest BCUT2D eigenvalue weighted by atomic mass is 15.2. The Kier molecular flexibility index (Phi) is 5.41. The first-order chi connectivity index (χ1) is 9.60. The molecule has 1 fully saturated rings. The average molecular weight is 275 g/mol. The van der Waals surface area contributed by atoms with Gasteiger partial charge in [-0.05, 0) is 43.7 Å². The van der Waals surface area contributed by atoms with Gasteiger partial charge in [-0.1, -0.05) is 26.8 Å². The van der Waals surface area contributed by atoms with E-state index in [-0.39, 0.29) is 0 Å². The van der Waals surface area contributed by atoms with Crippen molar-refractivity contribution in [2.24, 2.45) is 11.8 Å². The maximum atomic E-state index is 4.74. The molecular weight excluding hydrogens is 246 g/mol. The van der Waals surface area contributed by atoms with Crippen LogP contribution in [0.5, 0.6) is 0 Å². The van der Waals surface area contributed by atoms with Crippen LogP contribution in [0, 0.1) is 11.8 Å². The molecule has 112 valence electrons. The molecule has 3 unspecified atom stereocenters. The van der Waals surface area contributed by atoms with Crippen molar-refractivity contribution >= 4 is 5.82 Å². The molecule has 1 aliphatic heterocycles. The first kappa shape index (κ1) is 15.3. The Hall–Kier alpha value is -1.09. The second-order valence-corrected chi connectivity index (χ2v) is 6.43. The normalized spacial score (nSPS) is 27.5. The van der Waals surface area contributed by atoms with Crippen molar-refractivity contribution in [2.45, 2.75) is 53.1 Å². The van der Waals surface area contributed by atoms with Crippen molar-refractivity contribution in [3.63, 3.8) is 0 Å². The zero-order valence-electron chi connectivity index (χ0n) is 13.4. The number of piperidine rings is 1. The van der Waals surface area contributed by atoms with Crippen LogP contribution in [-0.4, -0.2) is 29.0 Å². The van der Waals surface area contributed by atoms with Crippen LogP contribution in [0.15, 0.2) is 18.2 Å². The topological polar surface area (TPSA) is 28.2 Å². The summed E-state index contributed by atoms with van der Waals surface area (Å²) in [7, 11) is 0. The Morgan fingerprint density at radius 1 is 1.30 bits per heavy atom. The van der Waals surface area contributed by atoms with Crippen molar-refractivity contribution in [2.75, 3.05) is 18.4 Å². The second kappa shape index (κ2) is 7.07. The summed E-state index contributed by atoms with van der Waals surface area (Å²) in [4.78, 5) is 7.32. The Labute approximate surface area is 123 Å². The Morgan fingerprint density at radius 2 is 2.10 bits per heavy atom. The van der Waals surface area contributed by atoms with E-state index in [1.165, 1.54) is 18.7 Å². The van der Waals surface area contributed by atoms with Crippen LogP contribution in [-0.2, 0) is 6.54 Å². The molecule has 0 radical (unpaired) electrons. The highest BCUT2D eigenvalue weighted by molar-refractivity contribution is 5.35. The molecule has 3 nitrogen and oxygen atoms in total. The lowest BCUT2D eigenvalue weighted by molar-refractivity contribution is 0.0719.